The lowest BCUT2D eigenvalue weighted by molar-refractivity contribution is -0.123. The van der Waals surface area contributed by atoms with Gasteiger partial charge in [0, 0.05) is 5.69 Å². The van der Waals surface area contributed by atoms with Crippen molar-refractivity contribution >= 4 is 23.6 Å². The summed E-state index contributed by atoms with van der Waals surface area (Å²) in [5.41, 5.74) is 3.55. The molecule has 0 atom stereocenters. The lowest BCUT2D eigenvalue weighted by atomic mass is 10.1. The number of anilines is 1. The Balaban J connectivity index is 1.80. The normalized spacial score (nSPS) is 10.1. The quantitative estimate of drug-likeness (QED) is 0.713. The minimum atomic E-state index is -0.744. The lowest BCUT2D eigenvalue weighted by Gasteiger charge is -2.09. The predicted molar refractivity (Wildman–Crippen MR) is 95.7 cm³/mol. The van der Waals surface area contributed by atoms with Crippen molar-refractivity contribution in [3.05, 3.63) is 64.7 Å². The van der Waals surface area contributed by atoms with E-state index in [1.54, 1.807) is 24.3 Å². The highest BCUT2D eigenvalue weighted by molar-refractivity contribution is 6.02. The van der Waals surface area contributed by atoms with Crippen LogP contribution in [0.15, 0.2) is 42.5 Å². The zero-order valence-corrected chi connectivity index (χ0v) is 14.5. The van der Waals surface area contributed by atoms with Crippen LogP contribution in [0.2, 0.25) is 0 Å². The van der Waals surface area contributed by atoms with Gasteiger partial charge in [-0.05, 0) is 54.8 Å². The maximum Gasteiger partial charge on any atom is 0.338 e. The number of hydrogen-bond acceptors (Lipinski definition) is 5. The van der Waals surface area contributed by atoms with E-state index >= 15 is 0 Å². The van der Waals surface area contributed by atoms with Gasteiger partial charge < -0.3 is 15.2 Å². The Labute approximate surface area is 151 Å². The first-order valence-corrected chi connectivity index (χ1v) is 7.94. The van der Waals surface area contributed by atoms with E-state index < -0.39 is 24.5 Å². The summed E-state index contributed by atoms with van der Waals surface area (Å²) in [6.07, 6.45) is 0. The molecule has 2 aromatic rings. The standard InChI is InChI=1S/C19H20N2O5/c1-12-3-8-16(9-13(12)2)20-19(25)21-17(23)11-26-18(24)15-6-4-14(10-22)5-7-15/h3-9,22H,10-11H2,1-2H3,(H2,20,21,23,25). The number of carbonyl (C=O) groups is 3. The monoisotopic (exact) mass is 356 g/mol. The van der Waals surface area contributed by atoms with Crippen LogP contribution in [-0.4, -0.2) is 29.6 Å². The van der Waals surface area contributed by atoms with Crippen LogP contribution in [-0.2, 0) is 16.1 Å². The molecular formula is C19H20N2O5. The number of benzene rings is 2. The van der Waals surface area contributed by atoms with Crippen LogP contribution >= 0.6 is 0 Å². The van der Waals surface area contributed by atoms with E-state index in [1.807, 2.05) is 19.9 Å². The van der Waals surface area contributed by atoms with Crippen molar-refractivity contribution in [2.24, 2.45) is 0 Å². The Kier molecular flexibility index (Phi) is 6.46. The van der Waals surface area contributed by atoms with Crippen LogP contribution in [0.3, 0.4) is 0 Å². The first-order chi connectivity index (χ1) is 12.4. The second-order valence-corrected chi connectivity index (χ2v) is 5.73. The average Bonchev–Trinajstić information content (AvgIpc) is 2.62. The average molecular weight is 356 g/mol. The molecule has 0 heterocycles. The second-order valence-electron chi connectivity index (χ2n) is 5.73. The largest absolute Gasteiger partial charge is 0.452 e. The third-order valence-corrected chi connectivity index (χ3v) is 3.72. The molecule has 0 aliphatic heterocycles. The van der Waals surface area contributed by atoms with Gasteiger partial charge in [-0.3, -0.25) is 10.1 Å². The number of hydrogen-bond donors (Lipinski definition) is 3. The molecule has 0 fully saturated rings. The van der Waals surface area contributed by atoms with Gasteiger partial charge in [-0.15, -0.1) is 0 Å². The van der Waals surface area contributed by atoms with Crippen molar-refractivity contribution in [2.45, 2.75) is 20.5 Å². The van der Waals surface area contributed by atoms with Gasteiger partial charge in [-0.25, -0.2) is 9.59 Å². The molecule has 3 N–H and O–H groups in total. The van der Waals surface area contributed by atoms with Gasteiger partial charge in [-0.2, -0.15) is 0 Å². The van der Waals surface area contributed by atoms with E-state index in [2.05, 4.69) is 10.6 Å². The summed E-state index contributed by atoms with van der Waals surface area (Å²) in [6.45, 7) is 3.15. The highest BCUT2D eigenvalue weighted by atomic mass is 16.5. The van der Waals surface area contributed by atoms with E-state index in [0.29, 0.717) is 11.3 Å². The summed E-state index contributed by atoms with van der Waals surface area (Å²) in [5.74, 6) is -1.44. The smallest absolute Gasteiger partial charge is 0.338 e. The fraction of sp³-hybridized carbons (Fsp3) is 0.211. The molecular weight excluding hydrogens is 336 g/mol. The highest BCUT2D eigenvalue weighted by Gasteiger charge is 2.13. The third-order valence-electron chi connectivity index (χ3n) is 3.72. The molecule has 0 aliphatic rings. The number of aryl methyl sites for hydroxylation is 2. The van der Waals surface area contributed by atoms with Crippen molar-refractivity contribution < 1.29 is 24.2 Å². The molecule has 0 aromatic heterocycles. The van der Waals surface area contributed by atoms with Crippen molar-refractivity contribution in [2.75, 3.05) is 11.9 Å². The predicted octanol–water partition coefficient (Wildman–Crippen LogP) is 2.30. The Morgan fingerprint density at radius 3 is 2.31 bits per heavy atom. The topological polar surface area (TPSA) is 105 Å². The minimum Gasteiger partial charge on any atom is -0.452 e. The van der Waals surface area contributed by atoms with E-state index in [4.69, 9.17) is 9.84 Å². The molecule has 0 saturated heterocycles. The zero-order chi connectivity index (χ0) is 19.1. The molecule has 0 spiro atoms. The third kappa shape index (κ3) is 5.42. The number of esters is 1. The fourth-order valence-electron chi connectivity index (χ4n) is 2.10. The number of rotatable bonds is 5. The van der Waals surface area contributed by atoms with Gasteiger partial charge in [0.05, 0.1) is 12.2 Å². The van der Waals surface area contributed by atoms with Gasteiger partial charge in [0.15, 0.2) is 6.61 Å². The molecule has 136 valence electrons. The SMILES string of the molecule is Cc1ccc(NC(=O)NC(=O)COC(=O)c2ccc(CO)cc2)cc1C. The Bertz CT molecular complexity index is 815. The number of aliphatic hydroxyl groups excluding tert-OH is 1. The number of nitrogens with one attached hydrogen (secondary N) is 2. The first-order valence-electron chi connectivity index (χ1n) is 7.94. The number of carbonyl (C=O) groups excluding carboxylic acids is 3. The van der Waals surface area contributed by atoms with E-state index in [1.165, 1.54) is 12.1 Å². The van der Waals surface area contributed by atoms with Crippen molar-refractivity contribution in [3.8, 4) is 0 Å². The van der Waals surface area contributed by atoms with E-state index in [9.17, 15) is 14.4 Å². The molecule has 26 heavy (non-hydrogen) atoms. The molecule has 2 aromatic carbocycles. The molecule has 0 bridgehead atoms. The van der Waals surface area contributed by atoms with Gasteiger partial charge in [0.25, 0.3) is 5.91 Å². The maximum absolute atomic E-state index is 11.8. The second kappa shape index (κ2) is 8.77. The van der Waals surface area contributed by atoms with E-state index in [0.717, 1.165) is 11.1 Å². The Morgan fingerprint density at radius 2 is 1.69 bits per heavy atom. The summed E-state index contributed by atoms with van der Waals surface area (Å²) < 4.78 is 4.86. The van der Waals surface area contributed by atoms with Gasteiger partial charge in [0.1, 0.15) is 0 Å². The summed E-state index contributed by atoms with van der Waals surface area (Å²) in [4.78, 5) is 35.3. The summed E-state index contributed by atoms with van der Waals surface area (Å²) in [7, 11) is 0. The van der Waals surface area contributed by atoms with Crippen LogP contribution in [0, 0.1) is 13.8 Å². The van der Waals surface area contributed by atoms with Crippen LogP contribution in [0.25, 0.3) is 0 Å². The maximum atomic E-state index is 11.8. The van der Waals surface area contributed by atoms with Crippen molar-refractivity contribution in [1.82, 2.24) is 5.32 Å². The summed E-state index contributed by atoms with van der Waals surface area (Å²) in [5, 5.41) is 13.6. The van der Waals surface area contributed by atoms with Gasteiger partial charge >= 0.3 is 12.0 Å². The van der Waals surface area contributed by atoms with Crippen LogP contribution in [0.4, 0.5) is 10.5 Å². The molecule has 7 nitrogen and oxygen atoms in total. The number of ether oxygens (including phenoxy) is 1. The number of amides is 3. The minimum absolute atomic E-state index is 0.132. The summed E-state index contributed by atoms with van der Waals surface area (Å²) >= 11 is 0. The molecule has 0 saturated carbocycles. The molecule has 2 rings (SSSR count). The zero-order valence-electron chi connectivity index (χ0n) is 14.5. The first kappa shape index (κ1) is 19.1. The molecule has 7 heteroatoms. The molecule has 0 aliphatic carbocycles. The van der Waals surface area contributed by atoms with Crippen molar-refractivity contribution in [3.63, 3.8) is 0 Å². The van der Waals surface area contributed by atoms with Gasteiger partial charge in [0.2, 0.25) is 0 Å². The fourth-order valence-corrected chi connectivity index (χ4v) is 2.10. The van der Waals surface area contributed by atoms with Crippen LogP contribution in [0.1, 0.15) is 27.0 Å². The van der Waals surface area contributed by atoms with Gasteiger partial charge in [-0.1, -0.05) is 18.2 Å². The van der Waals surface area contributed by atoms with E-state index in [-0.39, 0.29) is 12.2 Å². The van der Waals surface area contributed by atoms with Crippen LogP contribution in [0.5, 0.6) is 0 Å². The van der Waals surface area contributed by atoms with Crippen LogP contribution < -0.4 is 10.6 Å². The molecule has 0 unspecified atom stereocenters. The number of urea groups is 1. The highest BCUT2D eigenvalue weighted by Crippen LogP contribution is 2.13. The lowest BCUT2D eigenvalue weighted by Crippen LogP contribution is -2.37. The summed E-state index contributed by atoms with van der Waals surface area (Å²) in [6, 6.07) is 10.8. The Morgan fingerprint density at radius 1 is 1.00 bits per heavy atom. The Hall–Kier alpha value is -3.19. The molecule has 0 radical (unpaired) electrons. The molecule has 3 amide bonds. The number of aliphatic hydroxyl groups is 1. The number of imide groups is 1. The van der Waals surface area contributed by atoms with Crippen molar-refractivity contribution in [1.29, 1.82) is 0 Å².